The van der Waals surface area contributed by atoms with Crippen LogP contribution in [0.15, 0.2) is 60.7 Å². The van der Waals surface area contributed by atoms with Gasteiger partial charge >= 0.3 is 0 Å². The topological polar surface area (TPSA) is 49.9 Å². The summed E-state index contributed by atoms with van der Waals surface area (Å²) in [4.78, 5) is 29.3. The van der Waals surface area contributed by atoms with Gasteiger partial charge < -0.3 is 14.5 Å². The molecule has 0 saturated carbocycles. The molecule has 2 fully saturated rings. The van der Waals surface area contributed by atoms with E-state index in [1.54, 1.807) is 0 Å². The van der Waals surface area contributed by atoms with Crippen LogP contribution >= 0.6 is 11.8 Å². The van der Waals surface area contributed by atoms with E-state index < -0.39 is 0 Å². The van der Waals surface area contributed by atoms with Crippen LogP contribution in [-0.4, -0.2) is 58.5 Å². The van der Waals surface area contributed by atoms with Gasteiger partial charge in [0, 0.05) is 31.0 Å². The van der Waals surface area contributed by atoms with Gasteiger partial charge in [-0.1, -0.05) is 48.5 Å². The highest BCUT2D eigenvalue weighted by Crippen LogP contribution is 2.44. The summed E-state index contributed by atoms with van der Waals surface area (Å²) in [5.74, 6) is 1.08. The Hall–Kier alpha value is -2.31. The molecule has 0 N–H and O–H groups in total. The molecule has 0 aromatic heterocycles. The lowest BCUT2D eigenvalue weighted by Gasteiger charge is -2.44. The molecule has 2 saturated heterocycles. The zero-order valence-electron chi connectivity index (χ0n) is 16.5. The number of benzene rings is 2. The van der Waals surface area contributed by atoms with Gasteiger partial charge in [-0.3, -0.25) is 9.59 Å². The quantitative estimate of drug-likeness (QED) is 0.758. The van der Waals surface area contributed by atoms with Crippen molar-refractivity contribution in [3.8, 4) is 0 Å². The van der Waals surface area contributed by atoms with Crippen molar-refractivity contribution in [3.63, 3.8) is 0 Å². The molecule has 152 valence electrons. The number of carbonyl (C=O) groups is 2. The molecular weight excluding hydrogens is 384 g/mol. The molecule has 0 aliphatic carbocycles. The van der Waals surface area contributed by atoms with E-state index in [9.17, 15) is 9.59 Å². The number of carbonyl (C=O) groups excluding carboxylic acids is 2. The fraction of sp³-hybridized carbons (Fsp3) is 0.391. The van der Waals surface area contributed by atoms with Crippen LogP contribution in [0.25, 0.3) is 0 Å². The monoisotopic (exact) mass is 410 g/mol. The van der Waals surface area contributed by atoms with Gasteiger partial charge in [-0.25, -0.2) is 0 Å². The first-order valence-electron chi connectivity index (χ1n) is 10.1. The first-order valence-corrected chi connectivity index (χ1v) is 11.1. The zero-order chi connectivity index (χ0) is 20.1. The van der Waals surface area contributed by atoms with Crippen LogP contribution in [0.4, 0.5) is 0 Å². The van der Waals surface area contributed by atoms with Crippen molar-refractivity contribution >= 4 is 23.6 Å². The number of hydrogen-bond acceptors (Lipinski definition) is 4. The van der Waals surface area contributed by atoms with E-state index in [2.05, 4.69) is 0 Å². The summed E-state index contributed by atoms with van der Waals surface area (Å²) in [7, 11) is 0. The predicted octanol–water partition coefficient (Wildman–Crippen LogP) is 3.41. The first kappa shape index (κ1) is 20.0. The summed E-state index contributed by atoms with van der Waals surface area (Å²) in [5.41, 5.74) is 1.80. The number of rotatable bonds is 5. The Bertz CT molecular complexity index is 836. The van der Waals surface area contributed by atoms with E-state index >= 15 is 0 Å². The second kappa shape index (κ2) is 9.01. The van der Waals surface area contributed by atoms with Crippen molar-refractivity contribution < 1.29 is 14.3 Å². The number of ether oxygens (including phenoxy) is 1. The molecule has 0 unspecified atom stereocenters. The molecule has 0 radical (unpaired) electrons. The number of nitrogens with zero attached hydrogens (tertiary/aromatic N) is 2. The van der Waals surface area contributed by atoms with Crippen molar-refractivity contribution in [1.29, 1.82) is 0 Å². The average molecular weight is 411 g/mol. The Labute approximate surface area is 176 Å². The Morgan fingerprint density at radius 2 is 1.59 bits per heavy atom. The highest BCUT2D eigenvalue weighted by Gasteiger charge is 2.46. The SMILES string of the molecule is O=C(COCc1ccccc1)N1CCC2(CC1)SCCN2C(=O)c1ccccc1. The van der Waals surface area contributed by atoms with Crippen molar-refractivity contribution in [2.45, 2.75) is 24.3 Å². The van der Waals surface area contributed by atoms with Gasteiger partial charge in [0.15, 0.2) is 0 Å². The molecule has 1 spiro atoms. The molecule has 4 rings (SSSR count). The highest BCUT2D eigenvalue weighted by molar-refractivity contribution is 8.00. The van der Waals surface area contributed by atoms with E-state index in [1.807, 2.05) is 82.2 Å². The molecule has 6 heteroatoms. The van der Waals surface area contributed by atoms with Crippen molar-refractivity contribution in [3.05, 3.63) is 71.8 Å². The fourth-order valence-corrected chi connectivity index (χ4v) is 5.53. The van der Waals surface area contributed by atoms with Gasteiger partial charge in [0.1, 0.15) is 6.61 Å². The van der Waals surface area contributed by atoms with Crippen LogP contribution < -0.4 is 0 Å². The minimum atomic E-state index is -0.186. The number of piperidine rings is 1. The molecule has 2 aliphatic rings. The third-order valence-corrected chi connectivity index (χ3v) is 7.23. The fourth-order valence-electron chi connectivity index (χ4n) is 4.07. The van der Waals surface area contributed by atoms with Gasteiger partial charge in [0.25, 0.3) is 5.91 Å². The predicted molar refractivity (Wildman–Crippen MR) is 115 cm³/mol. The lowest BCUT2D eigenvalue weighted by atomic mass is 10.0. The van der Waals surface area contributed by atoms with Gasteiger partial charge in [0.2, 0.25) is 5.91 Å². The summed E-state index contributed by atoms with van der Waals surface area (Å²) < 4.78 is 5.61. The maximum atomic E-state index is 13.0. The molecule has 2 aliphatic heterocycles. The molecular formula is C23H26N2O3S. The molecule has 2 heterocycles. The van der Waals surface area contributed by atoms with E-state index in [1.165, 1.54) is 0 Å². The van der Waals surface area contributed by atoms with Gasteiger partial charge in [-0.2, -0.15) is 0 Å². The number of likely N-dealkylation sites (tertiary alicyclic amines) is 1. The molecule has 29 heavy (non-hydrogen) atoms. The molecule has 2 aromatic rings. The smallest absolute Gasteiger partial charge is 0.254 e. The molecule has 0 atom stereocenters. The van der Waals surface area contributed by atoms with Crippen LogP contribution in [0.3, 0.4) is 0 Å². The Kier molecular flexibility index (Phi) is 6.21. The van der Waals surface area contributed by atoms with Crippen molar-refractivity contribution in [1.82, 2.24) is 9.80 Å². The first-order chi connectivity index (χ1) is 14.2. The molecule has 5 nitrogen and oxygen atoms in total. The summed E-state index contributed by atoms with van der Waals surface area (Å²) in [6.07, 6.45) is 1.61. The minimum absolute atomic E-state index is 0.0275. The number of amides is 2. The Morgan fingerprint density at radius 1 is 0.931 bits per heavy atom. The van der Waals surface area contributed by atoms with Crippen LogP contribution in [0, 0.1) is 0 Å². The minimum Gasteiger partial charge on any atom is -0.367 e. The Morgan fingerprint density at radius 3 is 2.28 bits per heavy atom. The largest absolute Gasteiger partial charge is 0.367 e. The van der Waals surface area contributed by atoms with E-state index in [0.717, 1.165) is 36.3 Å². The number of thioether (sulfide) groups is 1. The normalized spacial score (nSPS) is 18.2. The van der Waals surface area contributed by atoms with Crippen LogP contribution in [0.1, 0.15) is 28.8 Å². The average Bonchev–Trinajstić information content (AvgIpc) is 3.18. The third-order valence-electron chi connectivity index (χ3n) is 5.68. The second-order valence-corrected chi connectivity index (χ2v) is 8.93. The van der Waals surface area contributed by atoms with E-state index in [-0.39, 0.29) is 23.3 Å². The standard InChI is InChI=1S/C23H26N2O3S/c26-21(18-28-17-19-7-3-1-4-8-19)24-13-11-23(12-14-24)25(15-16-29-23)22(27)20-9-5-2-6-10-20/h1-10H,11-18H2. The van der Waals surface area contributed by atoms with Crippen LogP contribution in [-0.2, 0) is 16.1 Å². The molecule has 2 aromatic carbocycles. The van der Waals surface area contributed by atoms with Gasteiger partial charge in [-0.05, 0) is 30.5 Å². The molecule has 2 amide bonds. The van der Waals surface area contributed by atoms with E-state index in [4.69, 9.17) is 4.74 Å². The highest BCUT2D eigenvalue weighted by atomic mass is 32.2. The molecule has 0 bridgehead atoms. The maximum Gasteiger partial charge on any atom is 0.254 e. The number of hydrogen-bond donors (Lipinski definition) is 0. The van der Waals surface area contributed by atoms with E-state index in [0.29, 0.717) is 19.7 Å². The van der Waals surface area contributed by atoms with Crippen molar-refractivity contribution in [2.75, 3.05) is 32.0 Å². The summed E-state index contributed by atoms with van der Waals surface area (Å²) in [6.45, 7) is 2.64. The summed E-state index contributed by atoms with van der Waals surface area (Å²) >= 11 is 1.86. The van der Waals surface area contributed by atoms with Crippen molar-refractivity contribution in [2.24, 2.45) is 0 Å². The lowest BCUT2D eigenvalue weighted by Crippen LogP contribution is -2.54. The third kappa shape index (κ3) is 4.49. The van der Waals surface area contributed by atoms with Crippen LogP contribution in [0.2, 0.25) is 0 Å². The maximum absolute atomic E-state index is 13.0. The second-order valence-electron chi connectivity index (χ2n) is 7.48. The zero-order valence-corrected chi connectivity index (χ0v) is 17.3. The van der Waals surface area contributed by atoms with Crippen LogP contribution in [0.5, 0.6) is 0 Å². The summed E-state index contributed by atoms with van der Waals surface area (Å²) in [6, 6.07) is 19.4. The Balaban J connectivity index is 1.31. The van der Waals surface area contributed by atoms with Gasteiger partial charge in [0.05, 0.1) is 11.5 Å². The van der Waals surface area contributed by atoms with Gasteiger partial charge in [-0.15, -0.1) is 11.8 Å². The lowest BCUT2D eigenvalue weighted by molar-refractivity contribution is -0.138. The summed E-state index contributed by atoms with van der Waals surface area (Å²) in [5, 5.41) is 0.